The van der Waals surface area contributed by atoms with Gasteiger partial charge in [0, 0.05) is 0 Å². The molecule has 0 saturated heterocycles. The maximum absolute atomic E-state index is 13.5. The molecule has 0 saturated carbocycles. The van der Waals surface area contributed by atoms with E-state index in [2.05, 4.69) is 11.4 Å². The summed E-state index contributed by atoms with van der Waals surface area (Å²) in [6.45, 7) is 9.97. The van der Waals surface area contributed by atoms with Crippen LogP contribution in [0.1, 0.15) is 27.8 Å². The van der Waals surface area contributed by atoms with Gasteiger partial charge in [0.2, 0.25) is 5.91 Å². The number of ether oxygens (including phenoxy) is 1. The van der Waals surface area contributed by atoms with Gasteiger partial charge < -0.3 is 10.1 Å². The Morgan fingerprint density at radius 1 is 0.824 bits per heavy atom. The number of hydrogen-bond donors (Lipinski definition) is 1. The van der Waals surface area contributed by atoms with E-state index in [4.69, 9.17) is 4.74 Å². The van der Waals surface area contributed by atoms with Crippen LogP contribution in [0.25, 0.3) is 0 Å². The molecule has 0 aliphatic rings. The monoisotopic (exact) mass is 480 g/mol. The van der Waals surface area contributed by atoms with Crippen LogP contribution in [0, 0.1) is 34.6 Å². The molecule has 0 heterocycles. The van der Waals surface area contributed by atoms with Crippen molar-refractivity contribution >= 4 is 21.6 Å². The van der Waals surface area contributed by atoms with E-state index in [1.54, 1.807) is 36.4 Å². The van der Waals surface area contributed by atoms with Crippen molar-refractivity contribution in [2.75, 3.05) is 24.0 Å². The number of sulfonamides is 1. The molecule has 0 fully saturated rings. The Morgan fingerprint density at radius 2 is 1.47 bits per heavy atom. The number of amides is 1. The summed E-state index contributed by atoms with van der Waals surface area (Å²) in [5.74, 6) is 0.336. The Balaban J connectivity index is 1.73. The zero-order valence-electron chi connectivity index (χ0n) is 20.4. The van der Waals surface area contributed by atoms with Gasteiger partial charge in [-0.05, 0) is 93.3 Å². The molecule has 1 amide bonds. The smallest absolute Gasteiger partial charge is 0.264 e. The second-order valence-electron chi connectivity index (χ2n) is 8.62. The van der Waals surface area contributed by atoms with Crippen LogP contribution in [0.3, 0.4) is 0 Å². The summed E-state index contributed by atoms with van der Waals surface area (Å²) >= 11 is 0. The quantitative estimate of drug-likeness (QED) is 0.454. The molecule has 0 aromatic heterocycles. The number of benzene rings is 3. The molecular formula is C27H32N2O4S. The van der Waals surface area contributed by atoms with E-state index >= 15 is 0 Å². The summed E-state index contributed by atoms with van der Waals surface area (Å²) in [6.07, 6.45) is 0. The molecule has 0 aliphatic carbocycles. The van der Waals surface area contributed by atoms with Crippen LogP contribution in [0.5, 0.6) is 5.75 Å². The zero-order chi connectivity index (χ0) is 24.9. The summed E-state index contributed by atoms with van der Waals surface area (Å²) in [7, 11) is -3.94. The molecule has 180 valence electrons. The maximum atomic E-state index is 13.5. The molecule has 34 heavy (non-hydrogen) atoms. The summed E-state index contributed by atoms with van der Waals surface area (Å²) in [6, 6.07) is 17.9. The van der Waals surface area contributed by atoms with E-state index in [1.807, 2.05) is 52.8 Å². The molecule has 0 unspecified atom stereocenters. The first-order valence-corrected chi connectivity index (χ1v) is 12.6. The third kappa shape index (κ3) is 6.38. The number of anilines is 1. The summed E-state index contributed by atoms with van der Waals surface area (Å²) < 4.78 is 33.8. The molecule has 0 aliphatic heterocycles. The number of rotatable bonds is 9. The Labute approximate surface area is 202 Å². The molecule has 0 spiro atoms. The lowest BCUT2D eigenvalue weighted by Gasteiger charge is -2.25. The number of hydrogen-bond acceptors (Lipinski definition) is 4. The SMILES string of the molecule is Cc1ccc(S(=O)(=O)N(CC(=O)NCCOc2cc(C)cc(C)c2)c2ccc(C)c(C)c2)cc1. The van der Waals surface area contributed by atoms with Crippen molar-refractivity contribution in [2.24, 2.45) is 0 Å². The first-order chi connectivity index (χ1) is 16.1. The number of nitrogens with one attached hydrogen (secondary N) is 1. The number of aryl methyl sites for hydroxylation is 5. The van der Waals surface area contributed by atoms with E-state index in [-0.39, 0.29) is 24.6 Å². The fourth-order valence-corrected chi connectivity index (χ4v) is 5.01. The highest BCUT2D eigenvalue weighted by Crippen LogP contribution is 2.26. The van der Waals surface area contributed by atoms with E-state index in [1.165, 1.54) is 0 Å². The van der Waals surface area contributed by atoms with Crippen LogP contribution >= 0.6 is 0 Å². The van der Waals surface area contributed by atoms with Crippen molar-refractivity contribution in [1.29, 1.82) is 0 Å². The van der Waals surface area contributed by atoms with Crippen molar-refractivity contribution in [3.8, 4) is 5.75 Å². The minimum atomic E-state index is -3.94. The minimum absolute atomic E-state index is 0.141. The minimum Gasteiger partial charge on any atom is -0.492 e. The van der Waals surface area contributed by atoms with Gasteiger partial charge >= 0.3 is 0 Å². The standard InChI is InChI=1S/C27H32N2O4S/c1-19-6-10-26(11-7-19)34(31,32)29(24-9-8-22(4)23(5)17-24)18-27(30)28-12-13-33-25-15-20(2)14-21(3)16-25/h6-11,14-17H,12-13,18H2,1-5H3,(H,28,30). The van der Waals surface area contributed by atoms with Crippen molar-refractivity contribution in [3.63, 3.8) is 0 Å². The summed E-state index contributed by atoms with van der Waals surface area (Å²) in [4.78, 5) is 12.9. The zero-order valence-corrected chi connectivity index (χ0v) is 21.2. The molecule has 0 bridgehead atoms. The van der Waals surface area contributed by atoms with Crippen LogP contribution < -0.4 is 14.4 Å². The third-order valence-corrected chi connectivity index (χ3v) is 7.35. The summed E-state index contributed by atoms with van der Waals surface area (Å²) in [5.41, 5.74) is 5.60. The number of carbonyl (C=O) groups is 1. The van der Waals surface area contributed by atoms with Gasteiger partial charge in [0.25, 0.3) is 10.0 Å². The highest BCUT2D eigenvalue weighted by Gasteiger charge is 2.27. The van der Waals surface area contributed by atoms with Crippen molar-refractivity contribution in [1.82, 2.24) is 5.32 Å². The predicted molar refractivity (Wildman–Crippen MR) is 136 cm³/mol. The predicted octanol–water partition coefficient (Wildman–Crippen LogP) is 4.62. The fraction of sp³-hybridized carbons (Fsp3) is 0.296. The van der Waals surface area contributed by atoms with Gasteiger partial charge in [0.15, 0.2) is 0 Å². The fourth-order valence-electron chi connectivity index (χ4n) is 3.60. The van der Waals surface area contributed by atoms with Crippen LogP contribution in [-0.4, -0.2) is 34.0 Å². The van der Waals surface area contributed by atoms with Crippen LogP contribution in [-0.2, 0) is 14.8 Å². The van der Waals surface area contributed by atoms with Gasteiger partial charge in [0.1, 0.15) is 18.9 Å². The molecule has 7 heteroatoms. The third-order valence-electron chi connectivity index (χ3n) is 5.56. The highest BCUT2D eigenvalue weighted by molar-refractivity contribution is 7.92. The molecule has 3 aromatic rings. The molecule has 0 radical (unpaired) electrons. The summed E-state index contributed by atoms with van der Waals surface area (Å²) in [5, 5.41) is 2.77. The van der Waals surface area contributed by atoms with Gasteiger partial charge in [-0.15, -0.1) is 0 Å². The lowest BCUT2D eigenvalue weighted by atomic mass is 10.1. The van der Waals surface area contributed by atoms with E-state index in [0.717, 1.165) is 37.9 Å². The van der Waals surface area contributed by atoms with Crippen molar-refractivity contribution in [3.05, 3.63) is 88.5 Å². The maximum Gasteiger partial charge on any atom is 0.264 e. The Morgan fingerprint density at radius 3 is 2.09 bits per heavy atom. The second-order valence-corrected chi connectivity index (χ2v) is 10.5. The van der Waals surface area contributed by atoms with Gasteiger partial charge in [-0.3, -0.25) is 9.10 Å². The van der Waals surface area contributed by atoms with Crippen molar-refractivity contribution < 1.29 is 17.9 Å². The second kappa shape index (κ2) is 10.7. The van der Waals surface area contributed by atoms with Gasteiger partial charge in [0.05, 0.1) is 17.1 Å². The highest BCUT2D eigenvalue weighted by atomic mass is 32.2. The average molecular weight is 481 g/mol. The Kier molecular flexibility index (Phi) is 7.99. The number of carbonyl (C=O) groups excluding carboxylic acids is 1. The molecule has 1 N–H and O–H groups in total. The molecule has 6 nitrogen and oxygen atoms in total. The Hall–Kier alpha value is -3.32. The van der Waals surface area contributed by atoms with Gasteiger partial charge in [-0.2, -0.15) is 0 Å². The van der Waals surface area contributed by atoms with Crippen LogP contribution in [0.15, 0.2) is 65.6 Å². The molecule has 3 aromatic carbocycles. The lowest BCUT2D eigenvalue weighted by Crippen LogP contribution is -2.42. The first kappa shape index (κ1) is 25.3. The first-order valence-electron chi connectivity index (χ1n) is 11.2. The van der Waals surface area contributed by atoms with Crippen LogP contribution in [0.4, 0.5) is 5.69 Å². The molecule has 3 rings (SSSR count). The normalized spacial score (nSPS) is 11.2. The molecule has 0 atom stereocenters. The van der Waals surface area contributed by atoms with Crippen LogP contribution in [0.2, 0.25) is 0 Å². The van der Waals surface area contributed by atoms with E-state index in [0.29, 0.717) is 5.69 Å². The molecular weight excluding hydrogens is 448 g/mol. The van der Waals surface area contributed by atoms with Crippen molar-refractivity contribution in [2.45, 2.75) is 39.5 Å². The van der Waals surface area contributed by atoms with E-state index < -0.39 is 15.9 Å². The topological polar surface area (TPSA) is 75.7 Å². The Bertz CT molecular complexity index is 1250. The lowest BCUT2D eigenvalue weighted by molar-refractivity contribution is -0.119. The van der Waals surface area contributed by atoms with Gasteiger partial charge in [-0.1, -0.05) is 29.8 Å². The van der Waals surface area contributed by atoms with Gasteiger partial charge in [-0.25, -0.2) is 8.42 Å². The van der Waals surface area contributed by atoms with E-state index in [9.17, 15) is 13.2 Å². The average Bonchev–Trinajstić information content (AvgIpc) is 2.76. The number of nitrogens with zero attached hydrogens (tertiary/aromatic N) is 1. The largest absolute Gasteiger partial charge is 0.492 e.